The largest absolute Gasteiger partial charge is 0.373 e. The number of ketones is 1. The first kappa shape index (κ1) is 19.1. The number of unbranched alkanes of at least 4 members (excludes halogenated alkanes) is 1. The molecule has 2 heteroatoms. The van der Waals surface area contributed by atoms with E-state index >= 15 is 0 Å². The normalized spacial score (nSPS) is 27.5. The molecule has 0 N–H and O–H groups in total. The van der Waals surface area contributed by atoms with Crippen LogP contribution in [0.15, 0.2) is 72.4 Å². The van der Waals surface area contributed by atoms with Gasteiger partial charge in [0, 0.05) is 12.3 Å². The summed E-state index contributed by atoms with van der Waals surface area (Å²) < 4.78 is 5.49. The lowest BCUT2D eigenvalue weighted by molar-refractivity contribution is -0.120. The van der Waals surface area contributed by atoms with Gasteiger partial charge in [-0.1, -0.05) is 87.1 Å². The predicted octanol–water partition coefficient (Wildman–Crippen LogP) is 5.12. The fourth-order valence-corrected chi connectivity index (χ4v) is 2.03. The van der Waals surface area contributed by atoms with E-state index in [4.69, 9.17) is 4.74 Å². The average Bonchev–Trinajstić information content (AvgIpc) is 2.54. The molecule has 0 spiro atoms. The number of allylic oxidation sites excluding steroid dienone is 10. The third-order valence-electron chi connectivity index (χ3n) is 3.38. The van der Waals surface area contributed by atoms with E-state index in [1.165, 1.54) is 0 Å². The number of carbonyl (C=O) groups is 1. The van der Waals surface area contributed by atoms with E-state index in [1.54, 1.807) is 0 Å². The highest BCUT2D eigenvalue weighted by Gasteiger charge is 2.08. The van der Waals surface area contributed by atoms with Gasteiger partial charge >= 0.3 is 0 Å². The molecule has 0 saturated carbocycles. The molecule has 1 heterocycles. The number of hydrogen-bond acceptors (Lipinski definition) is 2. The van der Waals surface area contributed by atoms with Gasteiger partial charge in [0.2, 0.25) is 0 Å². The number of Topliss-reactive ketones (excluding diaryl/α,β-unsaturated/α-hetero) is 1. The first-order valence-electron chi connectivity index (χ1n) is 8.37. The summed E-state index contributed by atoms with van der Waals surface area (Å²) in [6.45, 7) is 5.25. The SMILES string of the molecule is CCC\C=C/C=C\C1=C\C(C)C(=O)C/C=C\C=C/COC\C=C/1. The molecule has 0 aromatic rings. The van der Waals surface area contributed by atoms with Gasteiger partial charge in [0.05, 0.1) is 13.2 Å². The topological polar surface area (TPSA) is 26.3 Å². The Morgan fingerprint density at radius 2 is 1.96 bits per heavy atom. The molecule has 2 nitrogen and oxygen atoms in total. The fourth-order valence-electron chi connectivity index (χ4n) is 2.03. The maximum atomic E-state index is 12.1. The molecule has 0 radical (unpaired) electrons. The van der Waals surface area contributed by atoms with Crippen molar-refractivity contribution in [3.05, 3.63) is 72.4 Å². The highest BCUT2D eigenvalue weighted by Crippen LogP contribution is 2.11. The molecule has 1 atom stereocenters. The molecule has 0 aromatic heterocycles. The molecule has 1 rings (SSSR count). The Morgan fingerprint density at radius 1 is 1.17 bits per heavy atom. The molecule has 1 unspecified atom stereocenters. The Morgan fingerprint density at radius 3 is 2.78 bits per heavy atom. The van der Waals surface area contributed by atoms with Crippen molar-refractivity contribution in [2.75, 3.05) is 13.2 Å². The van der Waals surface area contributed by atoms with Crippen LogP contribution in [0.2, 0.25) is 0 Å². The van der Waals surface area contributed by atoms with Crippen molar-refractivity contribution in [3.8, 4) is 0 Å². The smallest absolute Gasteiger partial charge is 0.143 e. The zero-order chi connectivity index (χ0) is 16.8. The van der Waals surface area contributed by atoms with Crippen molar-refractivity contribution >= 4 is 5.78 Å². The van der Waals surface area contributed by atoms with Gasteiger partial charge < -0.3 is 4.74 Å². The maximum Gasteiger partial charge on any atom is 0.143 e. The highest BCUT2D eigenvalue weighted by molar-refractivity contribution is 5.83. The molecule has 0 bridgehead atoms. The lowest BCUT2D eigenvalue weighted by atomic mass is 9.99. The van der Waals surface area contributed by atoms with Crippen LogP contribution >= 0.6 is 0 Å². The molecule has 23 heavy (non-hydrogen) atoms. The Labute approximate surface area is 140 Å². The van der Waals surface area contributed by atoms with Gasteiger partial charge in [-0.3, -0.25) is 4.79 Å². The summed E-state index contributed by atoms with van der Waals surface area (Å²) >= 11 is 0. The maximum absolute atomic E-state index is 12.1. The third-order valence-corrected chi connectivity index (χ3v) is 3.38. The van der Waals surface area contributed by atoms with Crippen molar-refractivity contribution in [2.24, 2.45) is 5.92 Å². The Kier molecular flexibility index (Phi) is 10.5. The lowest BCUT2D eigenvalue weighted by Gasteiger charge is -2.05. The summed E-state index contributed by atoms with van der Waals surface area (Å²) in [6, 6.07) is 0. The monoisotopic (exact) mass is 312 g/mol. The van der Waals surface area contributed by atoms with Crippen LogP contribution < -0.4 is 0 Å². The van der Waals surface area contributed by atoms with E-state index in [1.807, 2.05) is 61.6 Å². The van der Waals surface area contributed by atoms with Crippen molar-refractivity contribution < 1.29 is 9.53 Å². The van der Waals surface area contributed by atoms with E-state index in [9.17, 15) is 4.79 Å². The number of rotatable bonds is 4. The third kappa shape index (κ3) is 9.64. The van der Waals surface area contributed by atoms with Gasteiger partial charge in [0.15, 0.2) is 0 Å². The van der Waals surface area contributed by atoms with Crippen molar-refractivity contribution in [2.45, 2.75) is 33.1 Å². The van der Waals surface area contributed by atoms with E-state index < -0.39 is 0 Å². The second-order valence-electron chi connectivity index (χ2n) is 5.50. The minimum atomic E-state index is -0.101. The summed E-state index contributed by atoms with van der Waals surface area (Å²) in [6.07, 6.45) is 24.6. The van der Waals surface area contributed by atoms with Crippen molar-refractivity contribution in [1.82, 2.24) is 0 Å². The van der Waals surface area contributed by atoms with E-state index in [0.717, 1.165) is 18.4 Å². The molecule has 0 amide bonds. The summed E-state index contributed by atoms with van der Waals surface area (Å²) in [5.74, 6) is 0.125. The second-order valence-corrected chi connectivity index (χ2v) is 5.50. The standard InChI is InChI=1S/C21H28O2/c1-3-4-5-6-9-13-20-14-12-17-23-16-11-8-7-10-15-21(22)19(2)18-20/h5-14,18-19H,3-4,15-17H2,1-2H3/b6-5-,10-7-,11-8-,13-9-,14-12-,20-18-. The van der Waals surface area contributed by atoms with Gasteiger partial charge in [-0.25, -0.2) is 0 Å². The predicted molar refractivity (Wildman–Crippen MR) is 98.3 cm³/mol. The summed E-state index contributed by atoms with van der Waals surface area (Å²) in [5, 5.41) is 0. The number of hydrogen-bond donors (Lipinski definition) is 0. The second kappa shape index (κ2) is 12.6. The minimum Gasteiger partial charge on any atom is -0.373 e. The van der Waals surface area contributed by atoms with Gasteiger partial charge in [0.1, 0.15) is 5.78 Å². The van der Waals surface area contributed by atoms with Gasteiger partial charge in [-0.05, 0) is 12.0 Å². The number of ether oxygens (including phenoxy) is 1. The lowest BCUT2D eigenvalue weighted by Crippen LogP contribution is -2.07. The molecule has 1 aliphatic heterocycles. The first-order chi connectivity index (χ1) is 11.2. The van der Waals surface area contributed by atoms with Gasteiger partial charge in [-0.2, -0.15) is 0 Å². The average molecular weight is 312 g/mol. The van der Waals surface area contributed by atoms with Crippen LogP contribution in [0.1, 0.15) is 33.1 Å². The van der Waals surface area contributed by atoms with Crippen LogP contribution in [0.4, 0.5) is 0 Å². The minimum absolute atomic E-state index is 0.101. The highest BCUT2D eigenvalue weighted by atomic mass is 16.5. The Hall–Kier alpha value is -1.93. The van der Waals surface area contributed by atoms with Gasteiger partial charge in [-0.15, -0.1) is 0 Å². The molecular weight excluding hydrogens is 284 g/mol. The van der Waals surface area contributed by atoms with E-state index in [-0.39, 0.29) is 11.7 Å². The van der Waals surface area contributed by atoms with Crippen LogP contribution in [-0.4, -0.2) is 19.0 Å². The molecule has 0 saturated heterocycles. The molecule has 0 aliphatic carbocycles. The molecule has 124 valence electrons. The molecule has 1 aliphatic rings. The van der Waals surface area contributed by atoms with Gasteiger partial charge in [0.25, 0.3) is 0 Å². The van der Waals surface area contributed by atoms with Crippen molar-refractivity contribution in [3.63, 3.8) is 0 Å². The summed E-state index contributed by atoms with van der Waals surface area (Å²) in [4.78, 5) is 12.1. The molecular formula is C21H28O2. The van der Waals surface area contributed by atoms with Crippen LogP contribution in [-0.2, 0) is 9.53 Å². The van der Waals surface area contributed by atoms with Crippen LogP contribution in [0.3, 0.4) is 0 Å². The number of carbonyl (C=O) groups excluding carboxylic acids is 1. The summed E-state index contributed by atoms with van der Waals surface area (Å²) in [7, 11) is 0. The first-order valence-corrected chi connectivity index (χ1v) is 8.37. The fraction of sp³-hybridized carbons (Fsp3) is 0.381. The Bertz CT molecular complexity index is 516. The van der Waals surface area contributed by atoms with Crippen LogP contribution in [0.25, 0.3) is 0 Å². The zero-order valence-corrected chi connectivity index (χ0v) is 14.3. The molecule has 0 fully saturated rings. The zero-order valence-electron chi connectivity index (χ0n) is 14.3. The van der Waals surface area contributed by atoms with E-state index in [0.29, 0.717) is 19.6 Å². The van der Waals surface area contributed by atoms with E-state index in [2.05, 4.69) is 19.1 Å². The summed E-state index contributed by atoms with van der Waals surface area (Å²) in [5.41, 5.74) is 1.03. The van der Waals surface area contributed by atoms with Crippen LogP contribution in [0, 0.1) is 5.92 Å². The quantitative estimate of drug-likeness (QED) is 0.673. The molecule has 0 aromatic carbocycles. The van der Waals surface area contributed by atoms with Crippen LogP contribution in [0.5, 0.6) is 0 Å². The van der Waals surface area contributed by atoms with Crippen molar-refractivity contribution in [1.29, 1.82) is 0 Å². The Balaban J connectivity index is 2.82.